The summed E-state index contributed by atoms with van der Waals surface area (Å²) in [7, 11) is 0. The molecule has 1 aliphatic heterocycles. The summed E-state index contributed by atoms with van der Waals surface area (Å²) < 4.78 is 5.45. The fourth-order valence-corrected chi connectivity index (χ4v) is 3.67. The van der Waals surface area contributed by atoms with Crippen LogP contribution in [0.3, 0.4) is 0 Å². The van der Waals surface area contributed by atoms with Crippen LogP contribution in [0.25, 0.3) is 0 Å². The minimum absolute atomic E-state index is 0.149. The van der Waals surface area contributed by atoms with Gasteiger partial charge in [0.15, 0.2) is 0 Å². The summed E-state index contributed by atoms with van der Waals surface area (Å²) in [5.41, 5.74) is -0.394. The Hall–Kier alpha value is -0.770. The van der Waals surface area contributed by atoms with Gasteiger partial charge in [0.2, 0.25) is 0 Å². The molecule has 2 aliphatic rings. The molecule has 0 spiro atoms. The number of carbonyl (C=O) groups excluding carboxylic acids is 1. The topological polar surface area (TPSA) is 41.6 Å². The predicted molar refractivity (Wildman–Crippen MR) is 90.0 cm³/mol. The average Bonchev–Trinajstić information content (AvgIpc) is 2.86. The van der Waals surface area contributed by atoms with Crippen LogP contribution in [-0.4, -0.2) is 42.3 Å². The molecule has 3 unspecified atom stereocenters. The molecule has 4 nitrogen and oxygen atoms in total. The summed E-state index contributed by atoms with van der Waals surface area (Å²) in [6.07, 6.45) is 7.56. The maximum Gasteiger partial charge on any atom is 0.410 e. The monoisotopic (exact) mass is 310 g/mol. The van der Waals surface area contributed by atoms with Crippen LogP contribution in [0, 0.1) is 11.8 Å². The van der Waals surface area contributed by atoms with Gasteiger partial charge in [-0.3, -0.25) is 0 Å². The van der Waals surface area contributed by atoms with E-state index in [1.165, 1.54) is 32.1 Å². The summed E-state index contributed by atoms with van der Waals surface area (Å²) >= 11 is 0. The van der Waals surface area contributed by atoms with Crippen molar-refractivity contribution in [1.82, 2.24) is 10.2 Å². The molecule has 0 aromatic rings. The molecule has 128 valence electrons. The normalized spacial score (nSPS) is 29.6. The summed E-state index contributed by atoms with van der Waals surface area (Å²) in [5.74, 6) is 1.50. The predicted octanol–water partition coefficient (Wildman–Crippen LogP) is 3.80. The van der Waals surface area contributed by atoms with Crippen LogP contribution < -0.4 is 5.32 Å². The number of rotatable bonds is 4. The zero-order valence-corrected chi connectivity index (χ0v) is 14.9. The number of nitrogens with one attached hydrogen (secondary N) is 1. The van der Waals surface area contributed by atoms with Gasteiger partial charge in [0.1, 0.15) is 5.60 Å². The summed E-state index contributed by atoms with van der Waals surface area (Å²) in [5, 5.41) is 3.73. The van der Waals surface area contributed by atoms with E-state index in [0.29, 0.717) is 12.0 Å². The highest BCUT2D eigenvalue weighted by molar-refractivity contribution is 5.68. The molecule has 1 aliphatic carbocycles. The molecule has 1 N–H and O–H groups in total. The van der Waals surface area contributed by atoms with Crippen LogP contribution in [-0.2, 0) is 4.74 Å². The molecule has 2 fully saturated rings. The van der Waals surface area contributed by atoms with E-state index in [1.807, 2.05) is 25.7 Å². The van der Waals surface area contributed by atoms with Crippen molar-refractivity contribution in [2.45, 2.75) is 77.9 Å². The molecule has 22 heavy (non-hydrogen) atoms. The molecule has 0 aromatic carbocycles. The molecule has 0 aromatic heterocycles. The van der Waals surface area contributed by atoms with Gasteiger partial charge in [-0.05, 0) is 64.8 Å². The first kappa shape index (κ1) is 17.6. The maximum absolute atomic E-state index is 12.1. The van der Waals surface area contributed by atoms with Crippen molar-refractivity contribution in [3.63, 3.8) is 0 Å². The van der Waals surface area contributed by atoms with Gasteiger partial charge in [-0.25, -0.2) is 4.79 Å². The zero-order chi connectivity index (χ0) is 16.2. The van der Waals surface area contributed by atoms with Crippen LogP contribution in [0.4, 0.5) is 4.79 Å². The van der Waals surface area contributed by atoms with E-state index in [2.05, 4.69) is 12.2 Å². The molecule has 1 saturated carbocycles. The number of ether oxygens (including phenoxy) is 1. The van der Waals surface area contributed by atoms with Crippen LogP contribution in [0.5, 0.6) is 0 Å². The van der Waals surface area contributed by atoms with Gasteiger partial charge in [0.05, 0.1) is 0 Å². The Kier molecular flexibility index (Phi) is 6.13. The summed E-state index contributed by atoms with van der Waals surface area (Å²) in [6.45, 7) is 10.9. The van der Waals surface area contributed by atoms with Crippen LogP contribution in [0.1, 0.15) is 66.2 Å². The van der Waals surface area contributed by atoms with E-state index in [0.717, 1.165) is 32.0 Å². The van der Waals surface area contributed by atoms with Crippen molar-refractivity contribution in [1.29, 1.82) is 0 Å². The Morgan fingerprint density at radius 3 is 2.73 bits per heavy atom. The van der Waals surface area contributed by atoms with Crippen LogP contribution >= 0.6 is 0 Å². The van der Waals surface area contributed by atoms with Crippen molar-refractivity contribution in [3.05, 3.63) is 0 Å². The van der Waals surface area contributed by atoms with Crippen molar-refractivity contribution < 1.29 is 9.53 Å². The number of hydrogen-bond acceptors (Lipinski definition) is 3. The smallest absolute Gasteiger partial charge is 0.410 e. The maximum atomic E-state index is 12.1. The standard InChI is InChI=1S/C18H34N2O2/c1-14-6-5-7-16(12-14)19-10-8-15-9-11-20(13-15)17(21)22-18(2,3)4/h14-16,19H,5-13H2,1-4H3. The minimum atomic E-state index is -0.394. The highest BCUT2D eigenvalue weighted by Gasteiger charge is 2.29. The van der Waals surface area contributed by atoms with Crippen LogP contribution in [0.2, 0.25) is 0 Å². The lowest BCUT2D eigenvalue weighted by molar-refractivity contribution is 0.0287. The molecule has 4 heteroatoms. The number of likely N-dealkylation sites (tertiary alicyclic amines) is 1. The second-order valence-corrected chi connectivity index (χ2v) is 8.29. The lowest BCUT2D eigenvalue weighted by Crippen LogP contribution is -2.36. The Balaban J connectivity index is 1.63. The molecule has 1 saturated heterocycles. The Labute approximate surface area is 136 Å². The highest BCUT2D eigenvalue weighted by atomic mass is 16.6. The van der Waals surface area contributed by atoms with Crippen molar-refractivity contribution in [2.75, 3.05) is 19.6 Å². The van der Waals surface area contributed by atoms with Gasteiger partial charge in [-0.2, -0.15) is 0 Å². The summed E-state index contributed by atoms with van der Waals surface area (Å²) in [4.78, 5) is 13.9. The second kappa shape index (κ2) is 7.67. The van der Waals surface area contributed by atoms with Crippen LogP contribution in [0.15, 0.2) is 0 Å². The minimum Gasteiger partial charge on any atom is -0.444 e. The van der Waals surface area contributed by atoms with Crippen molar-refractivity contribution >= 4 is 6.09 Å². The van der Waals surface area contributed by atoms with Gasteiger partial charge in [-0.15, -0.1) is 0 Å². The van der Waals surface area contributed by atoms with E-state index in [1.54, 1.807) is 0 Å². The van der Waals surface area contributed by atoms with Gasteiger partial charge >= 0.3 is 6.09 Å². The quantitative estimate of drug-likeness (QED) is 0.858. The van der Waals surface area contributed by atoms with Gasteiger partial charge < -0.3 is 15.0 Å². The molecule has 0 bridgehead atoms. The SMILES string of the molecule is CC1CCCC(NCCC2CCN(C(=O)OC(C)(C)C)C2)C1. The molecule has 2 rings (SSSR count). The Bertz CT molecular complexity index is 365. The second-order valence-electron chi connectivity index (χ2n) is 8.29. The lowest BCUT2D eigenvalue weighted by Gasteiger charge is -2.28. The molecule has 1 heterocycles. The zero-order valence-electron chi connectivity index (χ0n) is 14.9. The van der Waals surface area contributed by atoms with Crippen molar-refractivity contribution in [3.8, 4) is 0 Å². The summed E-state index contributed by atoms with van der Waals surface area (Å²) in [6, 6.07) is 0.715. The average molecular weight is 310 g/mol. The number of hydrogen-bond donors (Lipinski definition) is 1. The fourth-order valence-electron chi connectivity index (χ4n) is 3.67. The highest BCUT2D eigenvalue weighted by Crippen LogP contribution is 2.24. The number of carbonyl (C=O) groups is 1. The first-order valence-electron chi connectivity index (χ1n) is 9.05. The van der Waals surface area contributed by atoms with Gasteiger partial charge in [0, 0.05) is 19.1 Å². The Morgan fingerprint density at radius 2 is 2.05 bits per heavy atom. The van der Waals surface area contributed by atoms with Gasteiger partial charge in [0.25, 0.3) is 0 Å². The molecule has 0 radical (unpaired) electrons. The molecular formula is C18H34N2O2. The molecule has 3 atom stereocenters. The van der Waals surface area contributed by atoms with Gasteiger partial charge in [-0.1, -0.05) is 19.8 Å². The Morgan fingerprint density at radius 1 is 1.27 bits per heavy atom. The van der Waals surface area contributed by atoms with E-state index >= 15 is 0 Å². The van der Waals surface area contributed by atoms with Crippen molar-refractivity contribution in [2.24, 2.45) is 11.8 Å². The first-order chi connectivity index (χ1) is 10.3. The van der Waals surface area contributed by atoms with E-state index in [9.17, 15) is 4.79 Å². The molecular weight excluding hydrogens is 276 g/mol. The largest absolute Gasteiger partial charge is 0.444 e. The van der Waals surface area contributed by atoms with E-state index < -0.39 is 5.60 Å². The third-order valence-corrected chi connectivity index (χ3v) is 4.86. The van der Waals surface area contributed by atoms with E-state index in [4.69, 9.17) is 4.74 Å². The first-order valence-corrected chi connectivity index (χ1v) is 9.05. The lowest BCUT2D eigenvalue weighted by atomic mass is 9.87. The van der Waals surface area contributed by atoms with E-state index in [-0.39, 0.29) is 6.09 Å². The fraction of sp³-hybridized carbons (Fsp3) is 0.944. The third-order valence-electron chi connectivity index (χ3n) is 4.86. The molecule has 1 amide bonds. The number of amides is 1. The third kappa shape index (κ3) is 5.79. The number of nitrogens with zero attached hydrogens (tertiary/aromatic N) is 1.